The maximum absolute atomic E-state index is 10.2. The third-order valence-electron chi connectivity index (χ3n) is 5.34. The van der Waals surface area contributed by atoms with Crippen molar-refractivity contribution in [3.05, 3.63) is 113 Å². The number of phenols is 3. The van der Waals surface area contributed by atoms with Crippen molar-refractivity contribution in [2.75, 3.05) is 0 Å². The van der Waals surface area contributed by atoms with Crippen LogP contribution in [0, 0.1) is 0 Å². The quantitative estimate of drug-likeness (QED) is 0.315. The first kappa shape index (κ1) is 21.3. The van der Waals surface area contributed by atoms with Crippen LogP contribution in [-0.4, -0.2) is 15.3 Å². The van der Waals surface area contributed by atoms with Gasteiger partial charge in [0, 0.05) is 6.07 Å². The van der Waals surface area contributed by atoms with Gasteiger partial charge in [0.2, 0.25) is 0 Å². The molecule has 0 unspecified atom stereocenters. The summed E-state index contributed by atoms with van der Waals surface area (Å²) in [7, 11) is 0. The van der Waals surface area contributed by atoms with Crippen LogP contribution in [0.3, 0.4) is 0 Å². The highest BCUT2D eigenvalue weighted by molar-refractivity contribution is 5.41. The summed E-state index contributed by atoms with van der Waals surface area (Å²) < 4.78 is 6.05. The van der Waals surface area contributed by atoms with E-state index < -0.39 is 0 Å². The lowest BCUT2D eigenvalue weighted by molar-refractivity contribution is 0.453. The molecular weight excluding hydrogens is 400 g/mol. The van der Waals surface area contributed by atoms with E-state index in [9.17, 15) is 15.3 Å². The summed E-state index contributed by atoms with van der Waals surface area (Å²) in [5.41, 5.74) is 4.32. The summed E-state index contributed by atoms with van der Waals surface area (Å²) in [6.07, 6.45) is 3.21. The molecule has 0 aromatic heterocycles. The lowest BCUT2D eigenvalue weighted by Crippen LogP contribution is -1.94. The minimum atomic E-state index is 0.164. The van der Waals surface area contributed by atoms with Gasteiger partial charge in [-0.1, -0.05) is 36.4 Å². The van der Waals surface area contributed by atoms with Crippen molar-refractivity contribution in [2.45, 2.75) is 25.7 Å². The standard InChI is InChI=1S/C28H26O4/c29-24-13-11-20(12-14-24)7-8-22-4-2-6-27(17-22)32-28-18-23(16-26(31)19-28)10-9-21-3-1-5-25(30)15-21/h1-6,11-19,29-31H,7-10H2. The second kappa shape index (κ2) is 9.92. The van der Waals surface area contributed by atoms with Crippen LogP contribution in [0.25, 0.3) is 0 Å². The van der Waals surface area contributed by atoms with Gasteiger partial charge in [0.05, 0.1) is 0 Å². The molecule has 0 heterocycles. The number of rotatable bonds is 8. The molecule has 0 aliphatic heterocycles. The number of hydrogen-bond donors (Lipinski definition) is 3. The van der Waals surface area contributed by atoms with Crippen molar-refractivity contribution >= 4 is 0 Å². The van der Waals surface area contributed by atoms with Crippen LogP contribution in [0.1, 0.15) is 22.3 Å². The molecule has 162 valence electrons. The van der Waals surface area contributed by atoms with Gasteiger partial charge in [-0.15, -0.1) is 0 Å². The Bertz CT molecular complexity index is 1180. The summed E-state index contributed by atoms with van der Waals surface area (Å²) in [5.74, 6) is 2.01. The minimum absolute atomic E-state index is 0.164. The Balaban J connectivity index is 1.41. The third-order valence-corrected chi connectivity index (χ3v) is 5.34. The molecule has 0 fully saturated rings. The van der Waals surface area contributed by atoms with E-state index in [-0.39, 0.29) is 17.2 Å². The van der Waals surface area contributed by atoms with Crippen molar-refractivity contribution in [1.29, 1.82) is 0 Å². The average molecular weight is 427 g/mol. The van der Waals surface area contributed by atoms with Crippen LogP contribution in [0.4, 0.5) is 0 Å². The molecule has 4 heteroatoms. The van der Waals surface area contributed by atoms with Crippen LogP contribution in [0.15, 0.2) is 91.0 Å². The van der Waals surface area contributed by atoms with Gasteiger partial charge in [0.15, 0.2) is 0 Å². The fourth-order valence-corrected chi connectivity index (χ4v) is 3.70. The molecule has 4 nitrogen and oxygen atoms in total. The third kappa shape index (κ3) is 6.05. The summed E-state index contributed by atoms with van der Waals surface area (Å²) >= 11 is 0. The molecule has 0 bridgehead atoms. The summed E-state index contributed by atoms with van der Waals surface area (Å²) in [4.78, 5) is 0. The number of ether oxygens (including phenoxy) is 1. The average Bonchev–Trinajstić information content (AvgIpc) is 2.77. The van der Waals surface area contributed by atoms with E-state index in [1.54, 1.807) is 36.4 Å². The number of aryl methyl sites for hydroxylation is 4. The van der Waals surface area contributed by atoms with Gasteiger partial charge in [-0.25, -0.2) is 0 Å². The Kier molecular flexibility index (Phi) is 6.61. The summed E-state index contributed by atoms with van der Waals surface area (Å²) in [5, 5.41) is 29.2. The van der Waals surface area contributed by atoms with Crippen molar-refractivity contribution in [1.82, 2.24) is 0 Å². The van der Waals surface area contributed by atoms with Gasteiger partial charge in [0.25, 0.3) is 0 Å². The first-order chi connectivity index (χ1) is 15.5. The second-order valence-corrected chi connectivity index (χ2v) is 7.92. The van der Waals surface area contributed by atoms with Crippen molar-refractivity contribution < 1.29 is 20.1 Å². The Morgan fingerprint density at radius 3 is 1.78 bits per heavy atom. The number of hydrogen-bond acceptors (Lipinski definition) is 4. The van der Waals surface area contributed by atoms with E-state index in [2.05, 4.69) is 6.07 Å². The molecule has 0 radical (unpaired) electrons. The fraction of sp³-hybridized carbons (Fsp3) is 0.143. The van der Waals surface area contributed by atoms with Crippen LogP contribution in [0.5, 0.6) is 28.7 Å². The molecule has 0 aliphatic carbocycles. The number of benzene rings is 4. The number of phenolic OH excluding ortho intramolecular Hbond substituents is 3. The Labute approximate surface area is 188 Å². The molecule has 0 saturated heterocycles. The van der Waals surface area contributed by atoms with Gasteiger partial charge < -0.3 is 20.1 Å². The molecular formula is C28H26O4. The SMILES string of the molecule is Oc1ccc(CCc2cccc(Oc3cc(O)cc(CCc4cccc(O)c4)c3)c2)cc1. The summed E-state index contributed by atoms with van der Waals surface area (Å²) in [6.45, 7) is 0. The zero-order chi connectivity index (χ0) is 22.3. The van der Waals surface area contributed by atoms with Crippen LogP contribution in [0.2, 0.25) is 0 Å². The van der Waals surface area contributed by atoms with Crippen molar-refractivity contribution in [3.63, 3.8) is 0 Å². The van der Waals surface area contributed by atoms with E-state index in [1.165, 1.54) is 5.56 Å². The predicted octanol–water partition coefficient (Wildman–Crippen LogP) is 6.17. The molecule has 0 atom stereocenters. The van der Waals surface area contributed by atoms with Crippen LogP contribution >= 0.6 is 0 Å². The van der Waals surface area contributed by atoms with E-state index >= 15 is 0 Å². The smallest absolute Gasteiger partial charge is 0.131 e. The molecule has 32 heavy (non-hydrogen) atoms. The zero-order valence-electron chi connectivity index (χ0n) is 17.7. The van der Waals surface area contributed by atoms with Gasteiger partial charge >= 0.3 is 0 Å². The van der Waals surface area contributed by atoms with Crippen LogP contribution < -0.4 is 4.74 Å². The Morgan fingerprint density at radius 2 is 1.03 bits per heavy atom. The highest BCUT2D eigenvalue weighted by Crippen LogP contribution is 2.28. The lowest BCUT2D eigenvalue weighted by atomic mass is 10.0. The molecule has 0 spiro atoms. The van der Waals surface area contributed by atoms with Gasteiger partial charge in [-0.3, -0.25) is 0 Å². The monoisotopic (exact) mass is 426 g/mol. The minimum Gasteiger partial charge on any atom is -0.508 e. The van der Waals surface area contributed by atoms with E-state index in [0.717, 1.165) is 48.1 Å². The molecule has 4 aromatic carbocycles. The predicted molar refractivity (Wildman–Crippen MR) is 126 cm³/mol. The largest absolute Gasteiger partial charge is 0.508 e. The van der Waals surface area contributed by atoms with Gasteiger partial charge in [-0.2, -0.15) is 0 Å². The Hall–Kier alpha value is -3.92. The topological polar surface area (TPSA) is 69.9 Å². The van der Waals surface area contributed by atoms with E-state index in [1.807, 2.05) is 48.5 Å². The lowest BCUT2D eigenvalue weighted by Gasteiger charge is -2.11. The first-order valence-electron chi connectivity index (χ1n) is 10.7. The zero-order valence-corrected chi connectivity index (χ0v) is 17.7. The van der Waals surface area contributed by atoms with Gasteiger partial charge in [0.1, 0.15) is 28.7 Å². The molecule has 0 aliphatic rings. The molecule has 4 aromatic rings. The van der Waals surface area contributed by atoms with Crippen LogP contribution in [-0.2, 0) is 25.7 Å². The van der Waals surface area contributed by atoms with E-state index in [0.29, 0.717) is 5.75 Å². The second-order valence-electron chi connectivity index (χ2n) is 7.92. The number of aromatic hydroxyl groups is 3. The molecule has 4 rings (SSSR count). The maximum atomic E-state index is 10.2. The highest BCUT2D eigenvalue weighted by Gasteiger charge is 2.06. The Morgan fingerprint density at radius 1 is 0.438 bits per heavy atom. The van der Waals surface area contributed by atoms with E-state index in [4.69, 9.17) is 4.74 Å². The summed E-state index contributed by atoms with van der Waals surface area (Å²) in [6, 6.07) is 27.7. The normalized spacial score (nSPS) is 10.8. The maximum Gasteiger partial charge on any atom is 0.131 e. The molecule has 0 amide bonds. The molecule has 3 N–H and O–H groups in total. The molecule has 0 saturated carbocycles. The van der Waals surface area contributed by atoms with Gasteiger partial charge in [-0.05, 0) is 96.5 Å². The first-order valence-corrected chi connectivity index (χ1v) is 10.7. The van der Waals surface area contributed by atoms with Crippen molar-refractivity contribution in [3.8, 4) is 28.7 Å². The fourth-order valence-electron chi connectivity index (χ4n) is 3.70. The van der Waals surface area contributed by atoms with Crippen molar-refractivity contribution in [2.24, 2.45) is 0 Å². The highest BCUT2D eigenvalue weighted by atomic mass is 16.5.